The number of hydrogen-bond donors (Lipinski definition) is 0. The Hall–Kier alpha value is -2.06. The average molecular weight is 974 g/mol. The summed E-state index contributed by atoms with van der Waals surface area (Å²) < 4.78 is 34.8. The standard InChI is InChI=1S/C59H108NO7P/c1-6-8-10-12-14-16-18-20-22-24-26-28-29-30-31-33-35-37-39-41-43-45-47-49-51-54-64-56-58(57-66-68(62,63)65-55-53-60(3,4)5)67-59(61)52-50-48-46-44-42-40-38-36-34-32-27-25-23-21-19-17-15-13-11-9-7-2/h9,11,15,17,21,23,27,32,36,38,42,44,58H,6-8,10,12-14,16,18-20,22,24-26,28-31,33-35,37,39-41,43,45-57H2,1-5H3/b11-9-,17-15-,23-21-,32-27-,38-36-,44-42-. The van der Waals surface area contributed by atoms with Gasteiger partial charge in [0.25, 0.3) is 7.82 Å². The zero-order chi connectivity index (χ0) is 49.8. The number of carbonyl (C=O) groups excluding carboxylic acids is 1. The van der Waals surface area contributed by atoms with Gasteiger partial charge in [0.2, 0.25) is 0 Å². The fraction of sp³-hybridized carbons (Fsp3) is 0.780. The van der Waals surface area contributed by atoms with E-state index >= 15 is 0 Å². The molecule has 68 heavy (non-hydrogen) atoms. The van der Waals surface area contributed by atoms with Crippen LogP contribution in [0.1, 0.15) is 239 Å². The van der Waals surface area contributed by atoms with Crippen LogP contribution in [0.2, 0.25) is 0 Å². The quantitative estimate of drug-likeness (QED) is 0.0197. The molecule has 0 aliphatic heterocycles. The highest BCUT2D eigenvalue weighted by molar-refractivity contribution is 7.45. The number of ether oxygens (including phenoxy) is 2. The molecule has 0 aromatic carbocycles. The summed E-state index contributed by atoms with van der Waals surface area (Å²) in [6, 6.07) is 0. The van der Waals surface area contributed by atoms with Crippen LogP contribution in [-0.4, -0.2) is 70.7 Å². The number of carbonyl (C=O) groups is 1. The summed E-state index contributed by atoms with van der Waals surface area (Å²) in [6.07, 6.45) is 68.1. The van der Waals surface area contributed by atoms with Gasteiger partial charge in [-0.3, -0.25) is 9.36 Å². The van der Waals surface area contributed by atoms with Crippen LogP contribution in [0.4, 0.5) is 0 Å². The summed E-state index contributed by atoms with van der Waals surface area (Å²) in [6.45, 7) is 5.27. The van der Waals surface area contributed by atoms with E-state index in [4.69, 9.17) is 18.5 Å². The summed E-state index contributed by atoms with van der Waals surface area (Å²) in [4.78, 5) is 25.2. The Balaban J connectivity index is 4.14. The molecular weight excluding hydrogens is 866 g/mol. The van der Waals surface area contributed by atoms with E-state index in [9.17, 15) is 14.3 Å². The van der Waals surface area contributed by atoms with Crippen molar-refractivity contribution in [1.82, 2.24) is 0 Å². The van der Waals surface area contributed by atoms with E-state index < -0.39 is 13.9 Å². The first-order valence-electron chi connectivity index (χ1n) is 28.2. The molecule has 0 radical (unpaired) electrons. The van der Waals surface area contributed by atoms with Gasteiger partial charge in [-0.05, 0) is 64.2 Å². The molecule has 0 bridgehead atoms. The highest BCUT2D eigenvalue weighted by Gasteiger charge is 2.20. The number of hydrogen-bond acceptors (Lipinski definition) is 7. The third-order valence-electron chi connectivity index (χ3n) is 12.0. The molecule has 0 aromatic rings. The smallest absolute Gasteiger partial charge is 0.306 e. The molecule has 0 heterocycles. The minimum absolute atomic E-state index is 0.0155. The molecule has 0 amide bonds. The molecule has 8 nitrogen and oxygen atoms in total. The second kappa shape index (κ2) is 51.3. The van der Waals surface area contributed by atoms with Gasteiger partial charge < -0.3 is 27.9 Å². The Morgan fingerprint density at radius 2 is 0.853 bits per heavy atom. The minimum atomic E-state index is -4.55. The van der Waals surface area contributed by atoms with Crippen LogP contribution in [-0.2, 0) is 27.9 Å². The lowest BCUT2D eigenvalue weighted by molar-refractivity contribution is -0.870. The van der Waals surface area contributed by atoms with Crippen molar-refractivity contribution in [3.63, 3.8) is 0 Å². The summed E-state index contributed by atoms with van der Waals surface area (Å²) in [7, 11) is 1.33. The summed E-state index contributed by atoms with van der Waals surface area (Å²) in [5.41, 5.74) is 0. The number of phosphoric acid groups is 1. The lowest BCUT2D eigenvalue weighted by Crippen LogP contribution is -2.37. The molecule has 0 aromatic heterocycles. The molecule has 0 aliphatic carbocycles. The topological polar surface area (TPSA) is 94.1 Å². The van der Waals surface area contributed by atoms with Gasteiger partial charge in [-0.2, -0.15) is 0 Å². The van der Waals surface area contributed by atoms with E-state index in [0.29, 0.717) is 24.1 Å². The summed E-state index contributed by atoms with van der Waals surface area (Å²) >= 11 is 0. The highest BCUT2D eigenvalue weighted by atomic mass is 31.2. The fourth-order valence-electron chi connectivity index (χ4n) is 7.73. The maximum atomic E-state index is 12.8. The second-order valence-corrected chi connectivity index (χ2v) is 21.3. The Morgan fingerprint density at radius 1 is 0.471 bits per heavy atom. The number of unbranched alkanes of at least 4 members (excludes halogenated alkanes) is 26. The zero-order valence-corrected chi connectivity index (χ0v) is 45.9. The van der Waals surface area contributed by atoms with Gasteiger partial charge in [0.15, 0.2) is 0 Å². The van der Waals surface area contributed by atoms with Gasteiger partial charge in [-0.1, -0.05) is 241 Å². The summed E-state index contributed by atoms with van der Waals surface area (Å²) in [5.74, 6) is -0.373. The van der Waals surface area contributed by atoms with Crippen molar-refractivity contribution in [2.24, 2.45) is 0 Å². The van der Waals surface area contributed by atoms with Crippen LogP contribution in [0.15, 0.2) is 72.9 Å². The van der Waals surface area contributed by atoms with Crippen LogP contribution < -0.4 is 4.89 Å². The predicted octanol–water partition coefficient (Wildman–Crippen LogP) is 17.2. The van der Waals surface area contributed by atoms with Gasteiger partial charge in [-0.15, -0.1) is 0 Å². The van der Waals surface area contributed by atoms with E-state index in [-0.39, 0.29) is 32.2 Å². The molecule has 2 unspecified atom stereocenters. The highest BCUT2D eigenvalue weighted by Crippen LogP contribution is 2.38. The van der Waals surface area contributed by atoms with Crippen molar-refractivity contribution >= 4 is 13.8 Å². The Labute approximate surface area is 421 Å². The van der Waals surface area contributed by atoms with E-state index in [1.165, 1.54) is 148 Å². The Kier molecular flexibility index (Phi) is 49.7. The van der Waals surface area contributed by atoms with Crippen molar-refractivity contribution in [3.8, 4) is 0 Å². The molecular formula is C59H108NO7P. The molecule has 9 heteroatoms. The van der Waals surface area contributed by atoms with Crippen LogP contribution in [0.25, 0.3) is 0 Å². The van der Waals surface area contributed by atoms with Crippen molar-refractivity contribution in [1.29, 1.82) is 0 Å². The van der Waals surface area contributed by atoms with Gasteiger partial charge >= 0.3 is 5.97 Å². The first-order chi connectivity index (χ1) is 33.1. The lowest BCUT2D eigenvalue weighted by atomic mass is 10.0. The fourth-order valence-corrected chi connectivity index (χ4v) is 8.46. The van der Waals surface area contributed by atoms with Crippen molar-refractivity contribution < 1.29 is 37.3 Å². The maximum Gasteiger partial charge on any atom is 0.306 e. The molecule has 0 rings (SSSR count). The number of likely N-dealkylation sites (N-methyl/N-ethyl adjacent to an activating group) is 1. The molecule has 0 N–H and O–H groups in total. The molecule has 396 valence electrons. The molecule has 0 fully saturated rings. The van der Waals surface area contributed by atoms with Crippen LogP contribution >= 0.6 is 7.82 Å². The lowest BCUT2D eigenvalue weighted by Gasteiger charge is -2.28. The van der Waals surface area contributed by atoms with Gasteiger partial charge in [0.1, 0.15) is 19.3 Å². The SMILES string of the molecule is CC/C=C\C/C=C\C/C=C\C/C=C\C/C=C\C/C=C\CCCCC(=O)OC(COCCCCCCCCCCCCCCCCCCCCCCCCCCC)COP(=O)([O-])OCC[N+](C)(C)C. The van der Waals surface area contributed by atoms with E-state index in [1.807, 2.05) is 21.1 Å². The van der Waals surface area contributed by atoms with E-state index in [2.05, 4.69) is 86.8 Å². The number of phosphoric ester groups is 1. The summed E-state index contributed by atoms with van der Waals surface area (Å²) in [5, 5.41) is 0. The third kappa shape index (κ3) is 54.9. The Bertz CT molecular complexity index is 1320. The van der Waals surface area contributed by atoms with Crippen LogP contribution in [0.3, 0.4) is 0 Å². The van der Waals surface area contributed by atoms with Crippen molar-refractivity contribution in [3.05, 3.63) is 72.9 Å². The van der Waals surface area contributed by atoms with E-state index in [1.54, 1.807) is 0 Å². The molecule has 0 saturated heterocycles. The van der Waals surface area contributed by atoms with Crippen LogP contribution in [0.5, 0.6) is 0 Å². The molecule has 0 spiro atoms. The van der Waals surface area contributed by atoms with Crippen molar-refractivity contribution in [2.75, 3.05) is 54.1 Å². The monoisotopic (exact) mass is 974 g/mol. The van der Waals surface area contributed by atoms with Gasteiger partial charge in [-0.25, -0.2) is 0 Å². The normalized spacial score (nSPS) is 14.0. The molecule has 0 saturated carbocycles. The number of nitrogens with zero attached hydrogens (tertiary/aromatic N) is 1. The maximum absolute atomic E-state index is 12.8. The predicted molar refractivity (Wildman–Crippen MR) is 291 cm³/mol. The molecule has 2 atom stereocenters. The Morgan fingerprint density at radius 3 is 1.25 bits per heavy atom. The number of allylic oxidation sites excluding steroid dienone is 12. The van der Waals surface area contributed by atoms with Gasteiger partial charge in [0.05, 0.1) is 34.4 Å². The second-order valence-electron chi connectivity index (χ2n) is 19.9. The van der Waals surface area contributed by atoms with Crippen molar-refractivity contribution in [2.45, 2.75) is 245 Å². The first-order valence-corrected chi connectivity index (χ1v) is 29.6. The largest absolute Gasteiger partial charge is 0.756 e. The minimum Gasteiger partial charge on any atom is -0.756 e. The first kappa shape index (κ1) is 65.9. The number of esters is 1. The number of quaternary nitrogens is 1. The number of rotatable bonds is 52. The van der Waals surface area contributed by atoms with Crippen LogP contribution in [0, 0.1) is 0 Å². The zero-order valence-electron chi connectivity index (χ0n) is 45.0. The average Bonchev–Trinajstić information content (AvgIpc) is 3.30. The van der Waals surface area contributed by atoms with Gasteiger partial charge in [0, 0.05) is 13.0 Å². The molecule has 0 aliphatic rings. The van der Waals surface area contributed by atoms with E-state index in [0.717, 1.165) is 64.2 Å². The third-order valence-corrected chi connectivity index (χ3v) is 13.0.